The molecule has 0 radical (unpaired) electrons. The lowest BCUT2D eigenvalue weighted by atomic mass is 9.70. The van der Waals surface area contributed by atoms with Gasteiger partial charge in [-0.1, -0.05) is 13.0 Å². The number of hydrogen-bond donors (Lipinski definition) is 0. The van der Waals surface area contributed by atoms with Crippen molar-refractivity contribution in [3.8, 4) is 0 Å². The topological polar surface area (TPSA) is 35.5 Å². The molecule has 0 unspecified atom stereocenters. The van der Waals surface area contributed by atoms with E-state index in [2.05, 4.69) is 13.5 Å². The fourth-order valence-electron chi connectivity index (χ4n) is 2.81. The Hall–Kier alpha value is -0.670. The van der Waals surface area contributed by atoms with Crippen LogP contribution < -0.4 is 0 Å². The van der Waals surface area contributed by atoms with Gasteiger partial charge in [0.2, 0.25) is 0 Å². The normalized spacial score (nSPS) is 34.6. The first-order valence-corrected chi connectivity index (χ1v) is 5.48. The van der Waals surface area contributed by atoms with E-state index in [1.54, 1.807) is 0 Å². The maximum absolute atomic E-state index is 11.7. The van der Waals surface area contributed by atoms with Crippen LogP contribution in [0.2, 0.25) is 0 Å². The van der Waals surface area contributed by atoms with Crippen molar-refractivity contribution in [2.45, 2.75) is 38.4 Å². The lowest BCUT2D eigenvalue weighted by molar-refractivity contribution is -0.199. The third-order valence-corrected chi connectivity index (χ3v) is 3.24. The summed E-state index contributed by atoms with van der Waals surface area (Å²) >= 11 is 0. The number of carbonyl (C=O) groups is 1. The van der Waals surface area contributed by atoms with E-state index in [9.17, 15) is 4.79 Å². The van der Waals surface area contributed by atoms with E-state index in [0.29, 0.717) is 26.1 Å². The minimum absolute atomic E-state index is 0.0403. The summed E-state index contributed by atoms with van der Waals surface area (Å²) < 4.78 is 11.2. The first-order chi connectivity index (χ1) is 7.08. The van der Waals surface area contributed by atoms with Crippen LogP contribution in [0.25, 0.3) is 0 Å². The lowest BCUT2D eigenvalue weighted by Crippen LogP contribution is -2.44. The van der Waals surface area contributed by atoms with E-state index in [1.165, 1.54) is 0 Å². The summed E-state index contributed by atoms with van der Waals surface area (Å²) in [7, 11) is 0. The minimum Gasteiger partial charge on any atom is -0.347 e. The van der Waals surface area contributed by atoms with Gasteiger partial charge in [0, 0.05) is 12.8 Å². The molecule has 1 atom stereocenters. The first kappa shape index (κ1) is 10.8. The molecule has 1 heterocycles. The average Bonchev–Trinajstić information content (AvgIpc) is 2.50. The van der Waals surface area contributed by atoms with Crippen LogP contribution in [0.3, 0.4) is 0 Å². The SMILES string of the molecule is C=CC[C@]1(C)CC(=O)CC2(C1)OCCO2. The van der Waals surface area contributed by atoms with Crippen molar-refractivity contribution in [2.75, 3.05) is 13.2 Å². The van der Waals surface area contributed by atoms with Gasteiger partial charge in [0.1, 0.15) is 5.78 Å². The van der Waals surface area contributed by atoms with E-state index < -0.39 is 5.79 Å². The van der Waals surface area contributed by atoms with Gasteiger partial charge in [-0.3, -0.25) is 4.79 Å². The Balaban J connectivity index is 2.16. The van der Waals surface area contributed by atoms with Crippen LogP contribution in [0.5, 0.6) is 0 Å². The van der Waals surface area contributed by atoms with Crippen molar-refractivity contribution in [2.24, 2.45) is 5.41 Å². The van der Waals surface area contributed by atoms with Crippen LogP contribution in [0.4, 0.5) is 0 Å². The van der Waals surface area contributed by atoms with E-state index in [1.807, 2.05) is 6.08 Å². The molecule has 1 saturated heterocycles. The average molecular weight is 210 g/mol. The van der Waals surface area contributed by atoms with Gasteiger partial charge in [0.25, 0.3) is 0 Å². The predicted octanol–water partition coefficient (Wildman–Crippen LogP) is 2.06. The van der Waals surface area contributed by atoms with Gasteiger partial charge in [-0.2, -0.15) is 0 Å². The lowest BCUT2D eigenvalue weighted by Gasteiger charge is -2.41. The fourth-order valence-corrected chi connectivity index (χ4v) is 2.81. The third-order valence-electron chi connectivity index (χ3n) is 3.24. The summed E-state index contributed by atoms with van der Waals surface area (Å²) in [5.74, 6) is -0.375. The number of rotatable bonds is 2. The number of allylic oxidation sites excluding steroid dienone is 1. The van der Waals surface area contributed by atoms with Crippen molar-refractivity contribution < 1.29 is 14.3 Å². The quantitative estimate of drug-likeness (QED) is 0.654. The molecular formula is C12H18O3. The van der Waals surface area contributed by atoms with Crippen LogP contribution >= 0.6 is 0 Å². The van der Waals surface area contributed by atoms with Crippen molar-refractivity contribution in [1.82, 2.24) is 0 Å². The molecule has 1 saturated carbocycles. The molecule has 0 amide bonds. The Morgan fingerprint density at radius 3 is 2.67 bits per heavy atom. The predicted molar refractivity (Wildman–Crippen MR) is 56.4 cm³/mol. The first-order valence-electron chi connectivity index (χ1n) is 5.48. The van der Waals surface area contributed by atoms with E-state index in [0.717, 1.165) is 12.8 Å². The second kappa shape index (κ2) is 3.72. The summed E-state index contributed by atoms with van der Waals surface area (Å²) in [6, 6.07) is 0. The molecule has 1 aliphatic heterocycles. The van der Waals surface area contributed by atoms with Crippen LogP contribution in [0.15, 0.2) is 12.7 Å². The Morgan fingerprint density at radius 2 is 2.07 bits per heavy atom. The van der Waals surface area contributed by atoms with Crippen molar-refractivity contribution in [1.29, 1.82) is 0 Å². The van der Waals surface area contributed by atoms with Crippen molar-refractivity contribution >= 4 is 5.78 Å². The number of carbonyl (C=O) groups excluding carboxylic acids is 1. The minimum atomic E-state index is -0.618. The summed E-state index contributed by atoms with van der Waals surface area (Å²) in [6.45, 7) is 7.07. The summed E-state index contributed by atoms with van der Waals surface area (Å²) in [6.07, 6.45) is 4.56. The highest BCUT2D eigenvalue weighted by Crippen LogP contribution is 2.46. The van der Waals surface area contributed by atoms with Crippen LogP contribution in [-0.2, 0) is 14.3 Å². The van der Waals surface area contributed by atoms with Gasteiger partial charge in [-0.15, -0.1) is 6.58 Å². The number of Topliss-reactive ketones (excluding diaryl/α,β-unsaturated/α-hetero) is 1. The molecule has 1 aliphatic carbocycles. The molecule has 0 aromatic rings. The van der Waals surface area contributed by atoms with Gasteiger partial charge < -0.3 is 9.47 Å². The number of ketones is 1. The van der Waals surface area contributed by atoms with Crippen molar-refractivity contribution in [3.63, 3.8) is 0 Å². The van der Waals surface area contributed by atoms with E-state index >= 15 is 0 Å². The van der Waals surface area contributed by atoms with Crippen molar-refractivity contribution in [3.05, 3.63) is 12.7 Å². The Morgan fingerprint density at radius 1 is 1.40 bits per heavy atom. The van der Waals surface area contributed by atoms with Crippen LogP contribution in [-0.4, -0.2) is 24.8 Å². The zero-order valence-electron chi connectivity index (χ0n) is 9.25. The summed E-state index contributed by atoms with van der Waals surface area (Å²) in [4.78, 5) is 11.7. The second-order valence-corrected chi connectivity index (χ2v) is 4.98. The zero-order chi connectivity index (χ0) is 10.9. The molecule has 0 aromatic carbocycles. The Labute approximate surface area is 90.4 Å². The number of hydrogen-bond acceptors (Lipinski definition) is 3. The highest BCUT2D eigenvalue weighted by molar-refractivity contribution is 5.81. The fraction of sp³-hybridized carbons (Fsp3) is 0.750. The van der Waals surface area contributed by atoms with Gasteiger partial charge in [-0.05, 0) is 11.8 Å². The van der Waals surface area contributed by atoms with Crippen LogP contribution in [0, 0.1) is 5.41 Å². The Kier molecular flexibility index (Phi) is 2.69. The highest BCUT2D eigenvalue weighted by atomic mass is 16.7. The van der Waals surface area contributed by atoms with E-state index in [4.69, 9.17) is 9.47 Å². The van der Waals surface area contributed by atoms with Gasteiger partial charge in [0.15, 0.2) is 5.79 Å². The molecule has 3 nitrogen and oxygen atoms in total. The molecule has 2 rings (SSSR count). The molecule has 3 heteroatoms. The van der Waals surface area contributed by atoms with Gasteiger partial charge in [0.05, 0.1) is 19.6 Å². The molecule has 0 N–H and O–H groups in total. The van der Waals surface area contributed by atoms with Crippen LogP contribution in [0.1, 0.15) is 32.6 Å². The summed E-state index contributed by atoms with van der Waals surface area (Å²) in [5, 5.41) is 0. The molecule has 2 aliphatic rings. The number of ether oxygens (including phenoxy) is 2. The van der Waals surface area contributed by atoms with Gasteiger partial charge >= 0.3 is 0 Å². The largest absolute Gasteiger partial charge is 0.347 e. The smallest absolute Gasteiger partial charge is 0.175 e. The maximum atomic E-state index is 11.7. The Bertz CT molecular complexity index is 279. The third kappa shape index (κ3) is 2.13. The summed E-state index contributed by atoms with van der Waals surface area (Å²) in [5.41, 5.74) is -0.0403. The zero-order valence-corrected chi connectivity index (χ0v) is 9.25. The molecule has 84 valence electrons. The highest BCUT2D eigenvalue weighted by Gasteiger charge is 2.49. The standard InChI is InChI=1S/C12H18O3/c1-3-4-11(2)7-10(13)8-12(9-11)14-5-6-15-12/h3H,1,4-9H2,2H3/t11-/m1/s1. The molecule has 1 spiro atoms. The molecule has 2 fully saturated rings. The second-order valence-electron chi connectivity index (χ2n) is 4.98. The van der Waals surface area contributed by atoms with Gasteiger partial charge in [-0.25, -0.2) is 0 Å². The molecule has 0 bridgehead atoms. The van der Waals surface area contributed by atoms with E-state index in [-0.39, 0.29) is 11.2 Å². The molecule has 0 aromatic heterocycles. The monoisotopic (exact) mass is 210 g/mol. The maximum Gasteiger partial charge on any atom is 0.175 e. The molecule has 15 heavy (non-hydrogen) atoms. The molecular weight excluding hydrogens is 192 g/mol.